The summed E-state index contributed by atoms with van der Waals surface area (Å²) in [6.07, 6.45) is 0.961. The average molecular weight is 274 g/mol. The second-order valence-corrected chi connectivity index (χ2v) is 6.55. The van der Waals surface area contributed by atoms with Crippen molar-refractivity contribution in [2.24, 2.45) is 0 Å². The molecule has 1 N–H and O–H groups in total. The van der Waals surface area contributed by atoms with Crippen LogP contribution in [-0.4, -0.2) is 18.1 Å². The summed E-state index contributed by atoms with van der Waals surface area (Å²) in [7, 11) is 2.04. The number of hydrogen-bond acceptors (Lipinski definition) is 3. The summed E-state index contributed by atoms with van der Waals surface area (Å²) in [5.41, 5.74) is 2.63. The first-order valence-corrected chi connectivity index (χ1v) is 7.56. The lowest BCUT2D eigenvalue weighted by atomic mass is 9.76. The minimum Gasteiger partial charge on any atom is -0.316 e. The van der Waals surface area contributed by atoms with Crippen molar-refractivity contribution in [1.29, 1.82) is 0 Å². The highest BCUT2D eigenvalue weighted by Crippen LogP contribution is 2.29. The van der Waals surface area contributed by atoms with Crippen LogP contribution in [-0.2, 0) is 11.8 Å². The maximum absolute atomic E-state index is 4.58. The van der Waals surface area contributed by atoms with E-state index in [2.05, 4.69) is 66.8 Å². The fraction of sp³-hybridized carbons (Fsp3) is 0.438. The fourth-order valence-corrected chi connectivity index (χ4v) is 3.12. The average Bonchev–Trinajstić information content (AvgIpc) is 2.82. The zero-order valence-corrected chi connectivity index (χ0v) is 12.9. The number of nitrogens with zero attached hydrogens (tertiary/aromatic N) is 1. The van der Waals surface area contributed by atoms with Gasteiger partial charge in [0, 0.05) is 23.3 Å². The smallest absolute Gasteiger partial charge is 0.0897 e. The number of aromatic nitrogens is 1. The van der Waals surface area contributed by atoms with Gasteiger partial charge in [-0.05, 0) is 19.5 Å². The van der Waals surface area contributed by atoms with E-state index in [-0.39, 0.29) is 5.41 Å². The van der Waals surface area contributed by atoms with Crippen molar-refractivity contribution in [2.75, 3.05) is 7.05 Å². The van der Waals surface area contributed by atoms with Crippen LogP contribution in [0.25, 0.3) is 0 Å². The van der Waals surface area contributed by atoms with Gasteiger partial charge in [0.15, 0.2) is 0 Å². The van der Waals surface area contributed by atoms with Crippen LogP contribution in [0.1, 0.15) is 30.1 Å². The van der Waals surface area contributed by atoms with Crippen molar-refractivity contribution in [1.82, 2.24) is 10.3 Å². The van der Waals surface area contributed by atoms with Gasteiger partial charge in [0.2, 0.25) is 0 Å². The van der Waals surface area contributed by atoms with Gasteiger partial charge in [-0.25, -0.2) is 4.98 Å². The lowest BCUT2D eigenvalue weighted by Crippen LogP contribution is -2.44. The minimum absolute atomic E-state index is 0.0769. The maximum Gasteiger partial charge on any atom is 0.0897 e. The Balaban J connectivity index is 2.21. The molecule has 2 rings (SSSR count). The first-order valence-electron chi connectivity index (χ1n) is 6.68. The molecule has 1 atom stereocenters. The molecule has 0 saturated carbocycles. The Morgan fingerprint density at radius 3 is 2.47 bits per heavy atom. The maximum atomic E-state index is 4.58. The highest BCUT2D eigenvalue weighted by Gasteiger charge is 2.30. The Kier molecular flexibility index (Phi) is 4.38. The summed E-state index contributed by atoms with van der Waals surface area (Å²) < 4.78 is 0. The van der Waals surface area contributed by atoms with Gasteiger partial charge in [0.1, 0.15) is 0 Å². The van der Waals surface area contributed by atoms with E-state index in [4.69, 9.17) is 0 Å². The number of aryl methyl sites for hydroxylation is 1. The van der Waals surface area contributed by atoms with Gasteiger partial charge >= 0.3 is 0 Å². The normalized spacial score (nSPS) is 13.5. The van der Waals surface area contributed by atoms with Crippen molar-refractivity contribution in [2.45, 2.75) is 38.6 Å². The minimum atomic E-state index is 0.0769. The van der Waals surface area contributed by atoms with E-state index in [1.165, 1.54) is 11.3 Å². The Hall–Kier alpha value is -1.19. The number of thiazole rings is 1. The van der Waals surface area contributed by atoms with E-state index in [0.717, 1.165) is 11.4 Å². The van der Waals surface area contributed by atoms with Gasteiger partial charge < -0.3 is 5.32 Å². The van der Waals surface area contributed by atoms with Crippen LogP contribution < -0.4 is 5.32 Å². The Morgan fingerprint density at radius 1 is 1.26 bits per heavy atom. The summed E-state index contributed by atoms with van der Waals surface area (Å²) >= 11 is 1.72. The van der Waals surface area contributed by atoms with Crippen molar-refractivity contribution in [3.8, 4) is 0 Å². The van der Waals surface area contributed by atoms with E-state index in [9.17, 15) is 0 Å². The van der Waals surface area contributed by atoms with Crippen LogP contribution in [0, 0.1) is 6.92 Å². The SMILES string of the molecule is CNC(Cc1csc(C)n1)C(C)(C)c1ccccc1. The third-order valence-corrected chi connectivity index (χ3v) is 4.64. The lowest BCUT2D eigenvalue weighted by Gasteiger charge is -2.34. The second-order valence-electron chi connectivity index (χ2n) is 5.49. The van der Waals surface area contributed by atoms with Crippen LogP contribution in [0.5, 0.6) is 0 Å². The van der Waals surface area contributed by atoms with Crippen LogP contribution in [0.15, 0.2) is 35.7 Å². The molecule has 102 valence electrons. The molecule has 0 spiro atoms. The molecule has 0 fully saturated rings. The lowest BCUT2D eigenvalue weighted by molar-refractivity contribution is 0.354. The molecule has 0 amide bonds. The first kappa shape index (κ1) is 14.2. The van der Waals surface area contributed by atoms with E-state index in [1.807, 2.05) is 7.05 Å². The summed E-state index contributed by atoms with van der Waals surface area (Å²) in [6.45, 7) is 6.65. The van der Waals surface area contributed by atoms with Crippen LogP contribution >= 0.6 is 11.3 Å². The van der Waals surface area contributed by atoms with Gasteiger partial charge in [0.25, 0.3) is 0 Å². The molecule has 0 saturated heterocycles. The summed E-state index contributed by atoms with van der Waals surface area (Å²) in [4.78, 5) is 4.58. The second kappa shape index (κ2) is 5.85. The Bertz CT molecular complexity index is 517. The van der Waals surface area contributed by atoms with Crippen molar-refractivity contribution in [3.63, 3.8) is 0 Å². The predicted octanol–water partition coefficient (Wildman–Crippen LogP) is 3.56. The molecule has 2 nitrogen and oxygen atoms in total. The number of likely N-dealkylation sites (N-methyl/N-ethyl adjacent to an activating group) is 1. The molecule has 0 aliphatic heterocycles. The number of rotatable bonds is 5. The van der Waals surface area contributed by atoms with E-state index >= 15 is 0 Å². The fourth-order valence-electron chi connectivity index (χ4n) is 2.50. The van der Waals surface area contributed by atoms with Crippen LogP contribution in [0.2, 0.25) is 0 Å². The number of nitrogens with one attached hydrogen (secondary N) is 1. The summed E-state index contributed by atoms with van der Waals surface area (Å²) in [6, 6.07) is 11.1. The number of hydrogen-bond donors (Lipinski definition) is 1. The molecular weight excluding hydrogens is 252 g/mol. The van der Waals surface area contributed by atoms with Crippen molar-refractivity contribution < 1.29 is 0 Å². The largest absolute Gasteiger partial charge is 0.316 e. The van der Waals surface area contributed by atoms with Gasteiger partial charge in [-0.15, -0.1) is 11.3 Å². The summed E-state index contributed by atoms with van der Waals surface area (Å²) in [5, 5.41) is 6.77. The Morgan fingerprint density at radius 2 is 1.95 bits per heavy atom. The van der Waals surface area contributed by atoms with Gasteiger partial charge in [-0.2, -0.15) is 0 Å². The topological polar surface area (TPSA) is 24.9 Å². The molecule has 2 aromatic rings. The van der Waals surface area contributed by atoms with Crippen LogP contribution in [0.4, 0.5) is 0 Å². The zero-order valence-electron chi connectivity index (χ0n) is 12.1. The van der Waals surface area contributed by atoms with Gasteiger partial charge in [-0.3, -0.25) is 0 Å². The third kappa shape index (κ3) is 3.23. The van der Waals surface area contributed by atoms with Crippen molar-refractivity contribution in [3.05, 3.63) is 52.0 Å². The van der Waals surface area contributed by atoms with E-state index in [1.54, 1.807) is 11.3 Å². The molecule has 1 unspecified atom stereocenters. The molecule has 0 radical (unpaired) electrons. The van der Waals surface area contributed by atoms with Gasteiger partial charge in [0.05, 0.1) is 10.7 Å². The molecule has 0 aliphatic rings. The third-order valence-electron chi connectivity index (χ3n) is 3.82. The van der Waals surface area contributed by atoms with Crippen molar-refractivity contribution >= 4 is 11.3 Å². The molecule has 19 heavy (non-hydrogen) atoms. The molecule has 1 heterocycles. The zero-order chi connectivity index (χ0) is 13.9. The molecular formula is C16H22N2S. The highest BCUT2D eigenvalue weighted by molar-refractivity contribution is 7.09. The first-order chi connectivity index (χ1) is 9.04. The van der Waals surface area contributed by atoms with Crippen LogP contribution in [0.3, 0.4) is 0 Å². The summed E-state index contributed by atoms with van der Waals surface area (Å²) in [5.74, 6) is 0. The molecule has 1 aromatic heterocycles. The van der Waals surface area contributed by atoms with Gasteiger partial charge in [-0.1, -0.05) is 44.2 Å². The molecule has 0 aliphatic carbocycles. The van der Waals surface area contributed by atoms with E-state index in [0.29, 0.717) is 6.04 Å². The quantitative estimate of drug-likeness (QED) is 0.901. The standard InChI is InChI=1S/C16H22N2S/c1-12-18-14(11-19-12)10-15(17-4)16(2,3)13-8-6-5-7-9-13/h5-9,11,15,17H,10H2,1-4H3. The molecule has 3 heteroatoms. The Labute approximate surface area is 119 Å². The molecule has 1 aromatic carbocycles. The molecule has 0 bridgehead atoms. The highest BCUT2D eigenvalue weighted by atomic mass is 32.1. The van der Waals surface area contributed by atoms with E-state index < -0.39 is 0 Å². The monoisotopic (exact) mass is 274 g/mol. The number of benzene rings is 1. The predicted molar refractivity (Wildman–Crippen MR) is 82.9 cm³/mol.